The van der Waals surface area contributed by atoms with Gasteiger partial charge in [-0.1, -0.05) is 0 Å². The van der Waals surface area contributed by atoms with Gasteiger partial charge in [-0.25, -0.2) is 0 Å². The molecule has 0 heterocycles. The van der Waals surface area contributed by atoms with E-state index >= 15 is 0 Å². The van der Waals surface area contributed by atoms with E-state index in [9.17, 15) is 14.4 Å². The second kappa shape index (κ2) is 8.49. The van der Waals surface area contributed by atoms with Gasteiger partial charge in [0.25, 0.3) is 0 Å². The molecule has 0 bridgehead atoms. The molecule has 0 spiro atoms. The number of amides is 2. The lowest BCUT2D eigenvalue weighted by atomic mass is 10.2. The second-order valence-electron chi connectivity index (χ2n) is 4.41. The molecule has 0 aliphatic heterocycles. The quantitative estimate of drug-likeness (QED) is 0.668. The minimum atomic E-state index is -0.857. The fourth-order valence-electron chi connectivity index (χ4n) is 1.56. The first-order valence-electron chi connectivity index (χ1n) is 6.10. The van der Waals surface area contributed by atoms with E-state index in [1.807, 2.05) is 13.8 Å². The van der Waals surface area contributed by atoms with Crippen molar-refractivity contribution in [3.8, 4) is 0 Å². The van der Waals surface area contributed by atoms with Crippen LogP contribution in [0, 0.1) is 0 Å². The average molecular weight is 258 g/mol. The van der Waals surface area contributed by atoms with E-state index in [1.54, 1.807) is 4.90 Å². The van der Waals surface area contributed by atoms with Crippen molar-refractivity contribution in [2.45, 2.75) is 46.1 Å². The van der Waals surface area contributed by atoms with Crippen LogP contribution in [0.1, 0.15) is 40.0 Å². The first kappa shape index (κ1) is 16.4. The van der Waals surface area contributed by atoms with E-state index in [2.05, 4.69) is 5.32 Å². The average Bonchev–Trinajstić information content (AvgIpc) is 2.22. The maximum absolute atomic E-state index is 11.9. The lowest BCUT2D eigenvalue weighted by Gasteiger charge is -2.26. The zero-order valence-corrected chi connectivity index (χ0v) is 11.2. The van der Waals surface area contributed by atoms with Crippen molar-refractivity contribution in [2.75, 3.05) is 13.1 Å². The van der Waals surface area contributed by atoms with Crippen LogP contribution in [0.15, 0.2) is 0 Å². The van der Waals surface area contributed by atoms with E-state index in [4.69, 9.17) is 5.11 Å². The van der Waals surface area contributed by atoms with Gasteiger partial charge < -0.3 is 15.3 Å². The fourth-order valence-corrected chi connectivity index (χ4v) is 1.56. The van der Waals surface area contributed by atoms with Crippen molar-refractivity contribution in [1.82, 2.24) is 10.2 Å². The van der Waals surface area contributed by atoms with Crippen LogP contribution in [0.25, 0.3) is 0 Å². The molecule has 0 rings (SSSR count). The van der Waals surface area contributed by atoms with E-state index < -0.39 is 5.97 Å². The summed E-state index contributed by atoms with van der Waals surface area (Å²) in [5, 5.41) is 11.1. The smallest absolute Gasteiger partial charge is 0.303 e. The highest BCUT2D eigenvalue weighted by molar-refractivity contribution is 5.78. The Kier molecular flexibility index (Phi) is 7.74. The van der Waals surface area contributed by atoms with E-state index in [-0.39, 0.29) is 30.7 Å². The van der Waals surface area contributed by atoms with Gasteiger partial charge in [0.1, 0.15) is 0 Å². The molecule has 6 nitrogen and oxygen atoms in total. The summed E-state index contributed by atoms with van der Waals surface area (Å²) >= 11 is 0. The maximum Gasteiger partial charge on any atom is 0.303 e. The molecule has 104 valence electrons. The van der Waals surface area contributed by atoms with Gasteiger partial charge in [0.05, 0.1) is 0 Å². The highest BCUT2D eigenvalue weighted by Crippen LogP contribution is 2.04. The Labute approximate surface area is 107 Å². The summed E-state index contributed by atoms with van der Waals surface area (Å²) in [5.74, 6) is -1.08. The molecule has 0 unspecified atom stereocenters. The highest BCUT2D eigenvalue weighted by atomic mass is 16.4. The summed E-state index contributed by atoms with van der Waals surface area (Å²) in [4.78, 5) is 34.6. The van der Waals surface area contributed by atoms with Crippen molar-refractivity contribution in [1.29, 1.82) is 0 Å². The first-order chi connectivity index (χ1) is 8.34. The zero-order valence-electron chi connectivity index (χ0n) is 11.2. The lowest BCUT2D eigenvalue weighted by Crippen LogP contribution is -2.39. The van der Waals surface area contributed by atoms with Crippen LogP contribution in [-0.2, 0) is 14.4 Å². The van der Waals surface area contributed by atoms with Gasteiger partial charge in [0.2, 0.25) is 11.8 Å². The first-order valence-corrected chi connectivity index (χ1v) is 6.10. The van der Waals surface area contributed by atoms with Crippen molar-refractivity contribution in [2.24, 2.45) is 0 Å². The minimum absolute atomic E-state index is 0.0311. The SMILES string of the molecule is CC(=O)NCCC(=O)N(CCCC(=O)O)C(C)C. The molecule has 0 aromatic heterocycles. The summed E-state index contributed by atoms with van der Waals surface area (Å²) in [5.41, 5.74) is 0. The Bertz CT molecular complexity index is 302. The molecule has 6 heteroatoms. The number of carbonyl (C=O) groups is 3. The van der Waals surface area contributed by atoms with Crippen LogP contribution in [0.3, 0.4) is 0 Å². The largest absolute Gasteiger partial charge is 0.481 e. The van der Waals surface area contributed by atoms with Crippen LogP contribution in [0.2, 0.25) is 0 Å². The van der Waals surface area contributed by atoms with Crippen molar-refractivity contribution >= 4 is 17.8 Å². The summed E-state index contributed by atoms with van der Waals surface area (Å²) in [6.45, 7) is 5.92. The molecule has 0 aromatic carbocycles. The standard InChI is InChI=1S/C12H22N2O4/c1-9(2)14(8-4-5-12(17)18)11(16)6-7-13-10(3)15/h9H,4-8H2,1-3H3,(H,13,15)(H,17,18). The summed E-state index contributed by atoms with van der Waals surface area (Å²) in [6.07, 6.45) is 0.742. The number of carbonyl (C=O) groups excluding carboxylic acids is 2. The summed E-state index contributed by atoms with van der Waals surface area (Å²) < 4.78 is 0. The number of hydrogen-bond donors (Lipinski definition) is 2. The topological polar surface area (TPSA) is 86.7 Å². The van der Waals surface area contributed by atoms with Crippen molar-refractivity contribution in [3.05, 3.63) is 0 Å². The molecule has 0 radical (unpaired) electrons. The van der Waals surface area contributed by atoms with Gasteiger partial charge in [0.15, 0.2) is 0 Å². The molecule has 2 N–H and O–H groups in total. The van der Waals surface area contributed by atoms with E-state index in [1.165, 1.54) is 6.92 Å². The highest BCUT2D eigenvalue weighted by Gasteiger charge is 2.16. The molecule has 0 saturated carbocycles. The Morgan fingerprint density at radius 1 is 1.22 bits per heavy atom. The van der Waals surface area contributed by atoms with Crippen LogP contribution < -0.4 is 5.32 Å². The minimum Gasteiger partial charge on any atom is -0.481 e. The normalized spacial score (nSPS) is 10.2. The third kappa shape index (κ3) is 7.65. The number of nitrogens with zero attached hydrogens (tertiary/aromatic N) is 1. The van der Waals surface area contributed by atoms with E-state index in [0.29, 0.717) is 19.5 Å². The van der Waals surface area contributed by atoms with Crippen LogP contribution in [0.4, 0.5) is 0 Å². The fraction of sp³-hybridized carbons (Fsp3) is 0.750. The van der Waals surface area contributed by atoms with Crippen molar-refractivity contribution < 1.29 is 19.5 Å². The molecule has 2 amide bonds. The molecular formula is C12H22N2O4. The maximum atomic E-state index is 11.9. The number of carboxylic acid groups (broad SMARTS) is 1. The van der Waals surface area contributed by atoms with E-state index in [0.717, 1.165) is 0 Å². The lowest BCUT2D eigenvalue weighted by molar-refractivity contribution is -0.138. The van der Waals surface area contributed by atoms with Crippen LogP contribution in [0.5, 0.6) is 0 Å². The van der Waals surface area contributed by atoms with Gasteiger partial charge in [-0.2, -0.15) is 0 Å². The summed E-state index contributed by atoms with van der Waals surface area (Å²) in [6, 6.07) is 0.0311. The molecular weight excluding hydrogens is 236 g/mol. The van der Waals surface area contributed by atoms with Gasteiger partial charge in [0, 0.05) is 38.9 Å². The second-order valence-corrected chi connectivity index (χ2v) is 4.41. The van der Waals surface area contributed by atoms with Crippen LogP contribution >= 0.6 is 0 Å². The molecule has 0 fully saturated rings. The number of aliphatic carboxylic acids is 1. The molecule has 18 heavy (non-hydrogen) atoms. The molecule has 0 aromatic rings. The third-order valence-electron chi connectivity index (χ3n) is 2.45. The van der Waals surface area contributed by atoms with Crippen molar-refractivity contribution in [3.63, 3.8) is 0 Å². The number of carboxylic acids is 1. The van der Waals surface area contributed by atoms with Crippen LogP contribution in [-0.4, -0.2) is 46.9 Å². The van der Waals surface area contributed by atoms with Gasteiger partial charge in [-0.3, -0.25) is 14.4 Å². The Morgan fingerprint density at radius 3 is 2.28 bits per heavy atom. The predicted molar refractivity (Wildman–Crippen MR) is 67.0 cm³/mol. The van der Waals surface area contributed by atoms with Gasteiger partial charge in [-0.15, -0.1) is 0 Å². The monoisotopic (exact) mass is 258 g/mol. The molecule has 0 saturated heterocycles. The van der Waals surface area contributed by atoms with Gasteiger partial charge >= 0.3 is 5.97 Å². The molecule has 0 aliphatic rings. The zero-order chi connectivity index (χ0) is 14.1. The predicted octanol–water partition coefficient (Wildman–Crippen LogP) is 0.614. The number of rotatable bonds is 8. The number of hydrogen-bond acceptors (Lipinski definition) is 3. The summed E-state index contributed by atoms with van der Waals surface area (Å²) in [7, 11) is 0. The Balaban J connectivity index is 4.10. The molecule has 0 aliphatic carbocycles. The van der Waals surface area contributed by atoms with Gasteiger partial charge in [-0.05, 0) is 20.3 Å². The number of nitrogens with one attached hydrogen (secondary N) is 1. The Morgan fingerprint density at radius 2 is 1.83 bits per heavy atom. The Hall–Kier alpha value is -1.59. The third-order valence-corrected chi connectivity index (χ3v) is 2.45. The molecule has 0 atom stereocenters.